The van der Waals surface area contributed by atoms with E-state index in [-0.39, 0.29) is 0 Å². The number of nitrogens with one attached hydrogen (secondary N) is 4. The Morgan fingerprint density at radius 3 is 1.02 bits per heavy atom. The summed E-state index contributed by atoms with van der Waals surface area (Å²) in [7, 11) is 0. The van der Waals surface area contributed by atoms with Crippen molar-refractivity contribution in [3.8, 4) is 0 Å². The highest BCUT2D eigenvalue weighted by atomic mass is 16.8. The highest BCUT2D eigenvalue weighted by Crippen LogP contribution is 2.38. The number of hydrogen-bond donors (Lipinski definition) is 22. The summed E-state index contributed by atoms with van der Waals surface area (Å²) < 4.78 is 77.4. The predicted molar refractivity (Wildman–Crippen MR) is 282 cm³/mol. The quantitative estimate of drug-likeness (QED) is 0.0452. The van der Waals surface area contributed by atoms with Crippen molar-refractivity contribution in [3.05, 3.63) is 0 Å². The van der Waals surface area contributed by atoms with Crippen molar-refractivity contribution in [2.24, 2.45) is 0 Å². The van der Waals surface area contributed by atoms with E-state index in [9.17, 15) is 111 Å². The molecule has 39 nitrogen and oxygen atoms in total. The molecule has 4 amide bonds. The lowest BCUT2D eigenvalue weighted by atomic mass is 9.92. The minimum atomic E-state index is -2.42. The van der Waals surface area contributed by atoms with Crippen LogP contribution in [0.2, 0.25) is 0 Å². The topological polar surface area (TPSA) is 601 Å². The average molecular weight is 1320 g/mol. The smallest absolute Gasteiger partial charge is 0.217 e. The molecule has 0 aromatic rings. The van der Waals surface area contributed by atoms with E-state index in [0.717, 1.165) is 27.7 Å². The molecule has 0 radical (unpaired) electrons. The fourth-order valence-corrected chi connectivity index (χ4v) is 11.7. The lowest BCUT2D eigenvalue weighted by molar-refractivity contribution is -0.395. The first-order chi connectivity index (χ1) is 42.5. The summed E-state index contributed by atoms with van der Waals surface area (Å²) in [6, 6.07) is -6.32. The van der Waals surface area contributed by atoms with E-state index in [2.05, 4.69) is 21.3 Å². The Bertz CT molecular complexity index is 2310. The number of carbonyl (C=O) groups excluding carboxylic acids is 4. The number of ether oxygens (including phenoxy) is 13. The largest absolute Gasteiger partial charge is 0.394 e. The maximum absolute atomic E-state index is 12.8. The third-order valence-corrected chi connectivity index (χ3v) is 16.4. The predicted octanol–water partition coefficient (Wildman–Crippen LogP) is -14.6. The molecule has 0 spiro atoms. The van der Waals surface area contributed by atoms with Gasteiger partial charge in [-0.15, -0.1) is 0 Å². The van der Waals surface area contributed by atoms with Crippen LogP contribution in [0, 0.1) is 0 Å². The molecule has 7 aliphatic rings. The van der Waals surface area contributed by atoms with Gasteiger partial charge in [-0.3, -0.25) is 19.2 Å². The number of amides is 4. The monoisotopic (exact) mass is 1310 g/mol. The number of aliphatic hydroxyl groups is 18. The Labute approximate surface area is 512 Å². The highest BCUT2D eigenvalue weighted by molar-refractivity contribution is 5.74. The molecule has 520 valence electrons. The van der Waals surface area contributed by atoms with Crippen LogP contribution >= 0.6 is 0 Å². The van der Waals surface area contributed by atoms with Crippen molar-refractivity contribution in [2.45, 2.75) is 249 Å². The van der Waals surface area contributed by atoms with Crippen molar-refractivity contribution in [3.63, 3.8) is 0 Å². The van der Waals surface area contributed by atoms with Crippen molar-refractivity contribution in [1.82, 2.24) is 21.3 Å². The number of aliphatic hydroxyl groups excluding tert-OH is 18. The average Bonchev–Trinajstić information content (AvgIpc) is 0.859. The summed E-state index contributed by atoms with van der Waals surface area (Å²) in [5.41, 5.74) is 0. The van der Waals surface area contributed by atoms with E-state index in [4.69, 9.17) is 61.6 Å². The molecular weight excluding hydrogens is 1230 g/mol. The van der Waals surface area contributed by atoms with E-state index in [1.165, 1.54) is 6.92 Å². The Hall–Kier alpha value is -3.36. The van der Waals surface area contributed by atoms with E-state index >= 15 is 0 Å². The van der Waals surface area contributed by atoms with Gasteiger partial charge in [0.2, 0.25) is 23.6 Å². The molecule has 90 heavy (non-hydrogen) atoms. The Kier molecular flexibility index (Phi) is 26.6. The number of rotatable bonds is 23. The first-order valence-electron chi connectivity index (χ1n) is 28.9. The van der Waals surface area contributed by atoms with Crippen LogP contribution in [0.5, 0.6) is 0 Å². The molecule has 0 aliphatic carbocycles. The summed E-state index contributed by atoms with van der Waals surface area (Å²) in [6.07, 6.45) is -59.7. The van der Waals surface area contributed by atoms with Crippen LogP contribution in [-0.4, -0.2) is 376 Å². The molecule has 0 aromatic heterocycles. The molecule has 39 heteroatoms. The van der Waals surface area contributed by atoms with Gasteiger partial charge in [0.05, 0.1) is 58.4 Å². The fourth-order valence-electron chi connectivity index (χ4n) is 11.7. The van der Waals surface area contributed by atoms with E-state index < -0.39 is 284 Å². The van der Waals surface area contributed by atoms with E-state index in [0.29, 0.717) is 0 Å². The van der Waals surface area contributed by atoms with Crippen LogP contribution in [0.15, 0.2) is 0 Å². The van der Waals surface area contributed by atoms with Gasteiger partial charge in [0, 0.05) is 27.7 Å². The van der Waals surface area contributed by atoms with Crippen LogP contribution in [0.1, 0.15) is 34.6 Å². The van der Waals surface area contributed by atoms with Gasteiger partial charge in [-0.1, -0.05) is 0 Å². The first-order valence-corrected chi connectivity index (χ1v) is 28.9. The maximum Gasteiger partial charge on any atom is 0.217 e. The summed E-state index contributed by atoms with van der Waals surface area (Å²) in [5, 5.41) is 209. The third kappa shape index (κ3) is 16.5. The second kappa shape index (κ2) is 32.4. The zero-order chi connectivity index (χ0) is 66.5. The lowest BCUT2D eigenvalue weighted by Gasteiger charge is -2.51. The molecule has 35 atom stereocenters. The molecule has 7 saturated heterocycles. The van der Waals surface area contributed by atoms with Crippen LogP contribution in [0.3, 0.4) is 0 Å². The molecule has 7 fully saturated rings. The summed E-state index contributed by atoms with van der Waals surface area (Å²) in [6.45, 7) is -1.24. The number of carbonyl (C=O) groups is 4. The van der Waals surface area contributed by atoms with Gasteiger partial charge in [-0.25, -0.2) is 0 Å². The van der Waals surface area contributed by atoms with Gasteiger partial charge in [0.15, 0.2) is 37.7 Å². The van der Waals surface area contributed by atoms with Gasteiger partial charge in [0.25, 0.3) is 0 Å². The van der Waals surface area contributed by atoms with Crippen molar-refractivity contribution in [2.75, 3.05) is 46.2 Å². The minimum absolute atomic E-state index is 0.591. The molecule has 22 N–H and O–H groups in total. The second-order valence-corrected chi connectivity index (χ2v) is 22.9. The van der Waals surface area contributed by atoms with Crippen molar-refractivity contribution < 1.29 is 173 Å². The zero-order valence-electron chi connectivity index (χ0n) is 49.1. The van der Waals surface area contributed by atoms with Gasteiger partial charge in [-0.2, -0.15) is 0 Å². The van der Waals surface area contributed by atoms with Gasteiger partial charge in [0.1, 0.15) is 165 Å². The van der Waals surface area contributed by atoms with E-state index in [1.807, 2.05) is 0 Å². The number of hydrogen-bond acceptors (Lipinski definition) is 35. The Balaban J connectivity index is 1.25. The summed E-state index contributed by atoms with van der Waals surface area (Å²) >= 11 is 0. The molecule has 0 bridgehead atoms. The molecule has 0 saturated carbocycles. The second-order valence-electron chi connectivity index (χ2n) is 22.9. The van der Waals surface area contributed by atoms with Gasteiger partial charge in [-0.05, 0) is 6.92 Å². The fraction of sp³-hybridized carbons (Fsp3) is 0.922. The standard InChI is InChI=1S/C51H86N4O35/c1-13-25(52-14(2)62)36(73)41(22(10-60)79-13)86-48-28(55-17(5)65)37(74)42(23(11-61)84-48)87-49-40(77)43(88-51-45(39(76)32(69)21(9-59)83-51)90-47-27(54-16(4)64)35(72)30(67)19(7-57)81-47)33(70)24(85-49)12-78-50-44(38(75)31(68)20(8-58)82-50)89-46-26(53-15(3)63)34(71)29(66)18(6-56)80-46/h13,18-51,56-61,66-77H,6-12H2,1-5H3,(H,52,62)(H,53,63)(H,54,64)(H,55,65)/t13-,18-,19?,20?,21?,22?,23?,24?,25?,26?,27?,28?,29+,30+,31+,32+,33+,34?,35+,36+,37+,38-,39?,40?,41+,42+,43-,44?,45?,46-,47-,48-,49-,50-,51+/m0/s1. The molecule has 7 aliphatic heterocycles. The van der Waals surface area contributed by atoms with Crippen molar-refractivity contribution in [1.29, 1.82) is 0 Å². The van der Waals surface area contributed by atoms with Crippen LogP contribution in [0.25, 0.3) is 0 Å². The maximum atomic E-state index is 12.8. The first kappa shape index (κ1) is 74.0. The summed E-state index contributed by atoms with van der Waals surface area (Å²) in [4.78, 5) is 49.7. The van der Waals surface area contributed by atoms with Crippen molar-refractivity contribution >= 4 is 23.6 Å². The molecular formula is C51H86N4O35. The van der Waals surface area contributed by atoms with Crippen LogP contribution < -0.4 is 21.3 Å². The molecule has 7 heterocycles. The van der Waals surface area contributed by atoms with Crippen LogP contribution in [-0.2, 0) is 80.8 Å². The summed E-state index contributed by atoms with van der Waals surface area (Å²) in [5.74, 6) is -3.06. The minimum Gasteiger partial charge on any atom is -0.394 e. The SMILES string of the molecule is CC(=O)NC1C(O)[C@H](O)[C@H](CO)O[C@H]1OC1[C@@H](OCC2O[C@@H](O[C@@H]3C(CO)O[C@@H](O[C@@H]4C(CO)O[C@@H](C)C(NC(C)=O)[C@H]4O)C(NC(C)=O)[C@H]3O)C(O)[C@@H](O[C@H]3OC(CO)[C@@H](O)C(O)C3O[C@@H]3OC(CO)[C@@H](O)[C@H](O)C3NC(C)=O)[C@@H]2O)OC(CO)[C@@H](O)[C@@H]1O. The lowest BCUT2D eigenvalue weighted by Crippen LogP contribution is -2.70. The Morgan fingerprint density at radius 2 is 0.600 bits per heavy atom. The molecule has 15 unspecified atom stereocenters. The third-order valence-electron chi connectivity index (χ3n) is 16.4. The normalized spacial score (nSPS) is 47.6. The van der Waals surface area contributed by atoms with Gasteiger partial charge < -0.3 is 175 Å². The van der Waals surface area contributed by atoms with E-state index in [1.54, 1.807) is 0 Å². The Morgan fingerprint density at radius 1 is 0.300 bits per heavy atom. The highest BCUT2D eigenvalue weighted by Gasteiger charge is 2.59. The zero-order valence-corrected chi connectivity index (χ0v) is 49.1. The molecule has 0 aromatic carbocycles. The molecule has 7 rings (SSSR count). The van der Waals surface area contributed by atoms with Crippen LogP contribution in [0.4, 0.5) is 0 Å². The van der Waals surface area contributed by atoms with Gasteiger partial charge >= 0.3 is 0 Å².